The molecule has 0 aromatic heterocycles. The fraction of sp³-hybridized carbons (Fsp3) is 0.333. The maximum atomic E-state index is 3.54. The third-order valence-electron chi connectivity index (χ3n) is 2.75. The molecule has 1 heteroatoms. The quantitative estimate of drug-likeness (QED) is 0.687. The van der Waals surface area contributed by atoms with Crippen LogP contribution < -0.4 is 5.32 Å². The van der Waals surface area contributed by atoms with Crippen molar-refractivity contribution in [3.8, 4) is 0 Å². The van der Waals surface area contributed by atoms with E-state index in [-0.39, 0.29) is 5.54 Å². The first-order valence-electron chi connectivity index (χ1n) is 4.80. The molecule has 1 aromatic rings. The lowest BCUT2D eigenvalue weighted by atomic mass is 9.92. The largest absolute Gasteiger partial charge is 0.376 e. The van der Waals surface area contributed by atoms with Gasteiger partial charge in [-0.15, -0.1) is 0 Å². The van der Waals surface area contributed by atoms with Gasteiger partial charge in [0, 0.05) is 5.69 Å². The highest BCUT2D eigenvalue weighted by Gasteiger charge is 2.21. The van der Waals surface area contributed by atoms with Crippen LogP contribution in [0.2, 0.25) is 0 Å². The lowest BCUT2D eigenvalue weighted by molar-refractivity contribution is 0.611. The van der Waals surface area contributed by atoms with Crippen LogP contribution >= 0.6 is 0 Å². The molecule has 1 aliphatic rings. The first-order chi connectivity index (χ1) is 6.23. The average molecular weight is 173 g/mol. The molecule has 1 aromatic carbocycles. The van der Waals surface area contributed by atoms with E-state index >= 15 is 0 Å². The van der Waals surface area contributed by atoms with E-state index in [1.807, 2.05) is 0 Å². The molecule has 0 radical (unpaired) electrons. The minimum atomic E-state index is 0.133. The van der Waals surface area contributed by atoms with E-state index in [0.717, 1.165) is 6.42 Å². The van der Waals surface area contributed by atoms with Gasteiger partial charge in [-0.05, 0) is 25.0 Å². The van der Waals surface area contributed by atoms with Gasteiger partial charge in [0.25, 0.3) is 0 Å². The van der Waals surface area contributed by atoms with E-state index < -0.39 is 0 Å². The van der Waals surface area contributed by atoms with Gasteiger partial charge in [-0.1, -0.05) is 37.3 Å². The number of nitrogens with one attached hydrogen (secondary N) is 1. The summed E-state index contributed by atoms with van der Waals surface area (Å²) in [6.45, 7) is 4.42. The summed E-state index contributed by atoms with van der Waals surface area (Å²) in [4.78, 5) is 0. The maximum absolute atomic E-state index is 3.54. The average Bonchev–Trinajstić information content (AvgIpc) is 2.18. The minimum Gasteiger partial charge on any atom is -0.376 e. The Bertz CT molecular complexity index is 341. The van der Waals surface area contributed by atoms with E-state index in [2.05, 4.69) is 55.6 Å². The van der Waals surface area contributed by atoms with Gasteiger partial charge in [0.15, 0.2) is 0 Å². The van der Waals surface area contributed by atoms with Gasteiger partial charge in [-0.25, -0.2) is 0 Å². The molecule has 1 nitrogen and oxygen atoms in total. The Morgan fingerprint density at radius 1 is 1.31 bits per heavy atom. The van der Waals surface area contributed by atoms with E-state index in [1.54, 1.807) is 0 Å². The zero-order valence-electron chi connectivity index (χ0n) is 8.17. The number of para-hydroxylation sites is 1. The lowest BCUT2D eigenvalue weighted by Gasteiger charge is -2.31. The van der Waals surface area contributed by atoms with Crippen molar-refractivity contribution < 1.29 is 0 Å². The monoisotopic (exact) mass is 173 g/mol. The third kappa shape index (κ3) is 1.46. The third-order valence-corrected chi connectivity index (χ3v) is 2.75. The smallest absolute Gasteiger partial charge is 0.0528 e. The van der Waals surface area contributed by atoms with Crippen LogP contribution in [0.5, 0.6) is 0 Å². The topological polar surface area (TPSA) is 12.0 Å². The van der Waals surface area contributed by atoms with Gasteiger partial charge in [0.2, 0.25) is 0 Å². The molecule has 0 spiro atoms. The van der Waals surface area contributed by atoms with Crippen molar-refractivity contribution in [2.75, 3.05) is 5.32 Å². The van der Waals surface area contributed by atoms with Gasteiger partial charge in [-0.3, -0.25) is 0 Å². The molecule has 0 saturated carbocycles. The van der Waals surface area contributed by atoms with Gasteiger partial charge in [-0.2, -0.15) is 0 Å². The van der Waals surface area contributed by atoms with Crippen molar-refractivity contribution >= 4 is 11.8 Å². The predicted octanol–water partition coefficient (Wildman–Crippen LogP) is 3.29. The van der Waals surface area contributed by atoms with E-state index in [0.29, 0.717) is 0 Å². The van der Waals surface area contributed by atoms with Crippen LogP contribution in [-0.2, 0) is 0 Å². The fourth-order valence-corrected chi connectivity index (χ4v) is 1.59. The first-order valence-corrected chi connectivity index (χ1v) is 4.80. The number of benzene rings is 1. The summed E-state index contributed by atoms with van der Waals surface area (Å²) in [6.07, 6.45) is 5.56. The van der Waals surface area contributed by atoms with E-state index in [1.165, 1.54) is 11.3 Å². The number of anilines is 1. The molecule has 0 fully saturated rings. The van der Waals surface area contributed by atoms with Crippen LogP contribution in [0.4, 0.5) is 5.69 Å². The molecule has 1 aliphatic heterocycles. The van der Waals surface area contributed by atoms with Gasteiger partial charge in [0.1, 0.15) is 0 Å². The summed E-state index contributed by atoms with van der Waals surface area (Å²) in [7, 11) is 0. The number of rotatable bonds is 1. The van der Waals surface area contributed by atoms with Crippen LogP contribution in [0.3, 0.4) is 0 Å². The lowest BCUT2D eigenvalue weighted by Crippen LogP contribution is -2.33. The molecule has 1 unspecified atom stereocenters. The molecular weight excluding hydrogens is 158 g/mol. The summed E-state index contributed by atoms with van der Waals surface area (Å²) in [5, 5.41) is 3.54. The summed E-state index contributed by atoms with van der Waals surface area (Å²) >= 11 is 0. The highest BCUT2D eigenvalue weighted by atomic mass is 15.0. The van der Waals surface area contributed by atoms with Crippen LogP contribution in [0.15, 0.2) is 30.3 Å². The van der Waals surface area contributed by atoms with Gasteiger partial charge >= 0.3 is 0 Å². The molecule has 1 heterocycles. The summed E-state index contributed by atoms with van der Waals surface area (Å²) in [5.41, 5.74) is 2.66. The number of fused-ring (bicyclic) bond motifs is 1. The Morgan fingerprint density at radius 3 is 2.85 bits per heavy atom. The molecule has 2 rings (SSSR count). The zero-order chi connectivity index (χ0) is 9.31. The Hall–Kier alpha value is -1.24. The summed E-state index contributed by atoms with van der Waals surface area (Å²) < 4.78 is 0. The zero-order valence-corrected chi connectivity index (χ0v) is 8.17. The second kappa shape index (κ2) is 2.91. The summed E-state index contributed by atoms with van der Waals surface area (Å²) in [5.74, 6) is 0. The van der Waals surface area contributed by atoms with Crippen LogP contribution in [0.25, 0.3) is 6.08 Å². The number of hydrogen-bond donors (Lipinski definition) is 1. The highest BCUT2D eigenvalue weighted by molar-refractivity contribution is 5.71. The van der Waals surface area contributed by atoms with Crippen molar-refractivity contribution in [2.24, 2.45) is 0 Å². The molecule has 68 valence electrons. The van der Waals surface area contributed by atoms with Crippen molar-refractivity contribution in [1.82, 2.24) is 0 Å². The predicted molar refractivity (Wildman–Crippen MR) is 57.8 cm³/mol. The normalized spacial score (nSPS) is 25.1. The highest BCUT2D eigenvalue weighted by Crippen LogP contribution is 2.29. The van der Waals surface area contributed by atoms with Crippen molar-refractivity contribution in [1.29, 1.82) is 0 Å². The molecule has 1 N–H and O–H groups in total. The molecule has 13 heavy (non-hydrogen) atoms. The number of hydrogen-bond acceptors (Lipinski definition) is 1. The molecule has 0 bridgehead atoms. The van der Waals surface area contributed by atoms with Crippen molar-refractivity contribution in [2.45, 2.75) is 25.8 Å². The molecular formula is C12H15N. The Labute approximate surface area is 79.5 Å². The SMILES string of the molecule is CCC1(C)C=Cc2ccccc2N1. The van der Waals surface area contributed by atoms with Crippen molar-refractivity contribution in [3.05, 3.63) is 35.9 Å². The molecule has 0 aliphatic carbocycles. The molecule has 0 amide bonds. The van der Waals surface area contributed by atoms with Gasteiger partial charge in [0.05, 0.1) is 5.54 Å². The van der Waals surface area contributed by atoms with E-state index in [9.17, 15) is 0 Å². The Kier molecular flexibility index (Phi) is 1.87. The molecule has 1 atom stereocenters. The van der Waals surface area contributed by atoms with Gasteiger partial charge < -0.3 is 5.32 Å². The van der Waals surface area contributed by atoms with Crippen LogP contribution in [0, 0.1) is 0 Å². The fourth-order valence-electron chi connectivity index (χ4n) is 1.59. The van der Waals surface area contributed by atoms with Crippen molar-refractivity contribution in [3.63, 3.8) is 0 Å². The summed E-state index contributed by atoms with van der Waals surface area (Å²) in [6, 6.07) is 8.40. The Balaban J connectivity index is 2.39. The Morgan fingerprint density at radius 2 is 2.08 bits per heavy atom. The van der Waals surface area contributed by atoms with Crippen LogP contribution in [0.1, 0.15) is 25.8 Å². The van der Waals surface area contributed by atoms with E-state index in [4.69, 9.17) is 0 Å². The second-order valence-corrected chi connectivity index (χ2v) is 3.82. The second-order valence-electron chi connectivity index (χ2n) is 3.82. The standard InChI is InChI=1S/C12H15N/c1-3-12(2)9-8-10-6-4-5-7-11(10)13-12/h4-9,13H,3H2,1-2H3. The molecule has 0 saturated heterocycles. The maximum Gasteiger partial charge on any atom is 0.0528 e. The minimum absolute atomic E-state index is 0.133. The first kappa shape index (κ1) is 8.36. The van der Waals surface area contributed by atoms with Crippen LogP contribution in [-0.4, -0.2) is 5.54 Å².